The summed E-state index contributed by atoms with van der Waals surface area (Å²) >= 11 is 12.6. The molecular weight excluding hydrogens is 381 g/mol. The largest absolute Gasteiger partial charge is 0.294 e. The smallest absolute Gasteiger partial charge is 0.232 e. The first kappa shape index (κ1) is 18.3. The van der Waals surface area contributed by atoms with Crippen molar-refractivity contribution in [2.24, 2.45) is 0 Å². The van der Waals surface area contributed by atoms with Crippen LogP contribution in [0.5, 0.6) is 0 Å². The number of carbonyl (C=O) groups excluding carboxylic acids is 2. The van der Waals surface area contributed by atoms with Gasteiger partial charge in [-0.1, -0.05) is 47.5 Å². The number of rotatable bonds is 2. The molecule has 3 nitrogen and oxygen atoms in total. The van der Waals surface area contributed by atoms with Crippen molar-refractivity contribution in [3.8, 4) is 0 Å². The number of halogens is 2. The van der Waals surface area contributed by atoms with E-state index < -0.39 is 0 Å². The van der Waals surface area contributed by atoms with Crippen LogP contribution in [0.15, 0.2) is 53.7 Å². The van der Waals surface area contributed by atoms with Crippen LogP contribution < -0.4 is 4.90 Å². The molecule has 5 heteroatoms. The summed E-state index contributed by atoms with van der Waals surface area (Å²) in [6.07, 6.45) is 2.17. The van der Waals surface area contributed by atoms with Crippen LogP contribution in [0.2, 0.25) is 10.0 Å². The van der Waals surface area contributed by atoms with E-state index in [4.69, 9.17) is 23.2 Å². The molecule has 2 aliphatic rings. The molecule has 0 spiro atoms. The minimum atomic E-state index is -0.340. The van der Waals surface area contributed by atoms with E-state index in [0.29, 0.717) is 28.5 Å². The molecule has 1 heterocycles. The van der Waals surface area contributed by atoms with E-state index in [1.165, 1.54) is 0 Å². The van der Waals surface area contributed by atoms with Crippen LogP contribution in [0.25, 0.3) is 0 Å². The lowest BCUT2D eigenvalue weighted by Crippen LogP contribution is -2.40. The molecule has 1 unspecified atom stereocenters. The molecule has 1 atom stereocenters. The van der Waals surface area contributed by atoms with Gasteiger partial charge in [0.25, 0.3) is 0 Å². The van der Waals surface area contributed by atoms with E-state index in [-0.39, 0.29) is 24.0 Å². The molecule has 138 valence electrons. The van der Waals surface area contributed by atoms with Gasteiger partial charge in [-0.05, 0) is 49.1 Å². The number of aryl methyl sites for hydroxylation is 1. The van der Waals surface area contributed by atoms with Gasteiger partial charge in [-0.3, -0.25) is 14.5 Å². The summed E-state index contributed by atoms with van der Waals surface area (Å²) in [7, 11) is 0. The third kappa shape index (κ3) is 3.19. The van der Waals surface area contributed by atoms with Gasteiger partial charge in [0.2, 0.25) is 5.91 Å². The zero-order valence-electron chi connectivity index (χ0n) is 15.0. The van der Waals surface area contributed by atoms with Gasteiger partial charge >= 0.3 is 0 Å². The molecular formula is C22H19Cl2NO2. The van der Waals surface area contributed by atoms with E-state index in [1.54, 1.807) is 11.0 Å². The topological polar surface area (TPSA) is 37.4 Å². The number of Topliss-reactive ketones (excluding diaryl/α,β-unsaturated/α-hetero) is 1. The number of ketones is 1. The average Bonchev–Trinajstić information content (AvgIpc) is 2.63. The second-order valence-corrected chi connectivity index (χ2v) is 7.89. The van der Waals surface area contributed by atoms with Crippen LogP contribution >= 0.6 is 23.2 Å². The minimum Gasteiger partial charge on any atom is -0.294 e. The fourth-order valence-electron chi connectivity index (χ4n) is 4.11. The summed E-state index contributed by atoms with van der Waals surface area (Å²) in [6, 6.07) is 13.2. The van der Waals surface area contributed by atoms with Crippen molar-refractivity contribution in [2.75, 3.05) is 4.90 Å². The fraction of sp³-hybridized carbons (Fsp3) is 0.273. The molecule has 0 bridgehead atoms. The number of carbonyl (C=O) groups is 2. The highest BCUT2D eigenvalue weighted by Crippen LogP contribution is 2.45. The van der Waals surface area contributed by atoms with Gasteiger partial charge in [-0.2, -0.15) is 0 Å². The van der Waals surface area contributed by atoms with Crippen LogP contribution in [0.3, 0.4) is 0 Å². The van der Waals surface area contributed by atoms with Crippen molar-refractivity contribution in [3.63, 3.8) is 0 Å². The SMILES string of the molecule is Cc1cccc(N2C(=O)CC(c3cccc(Cl)c3Cl)C3=C2CCCC3=O)c1. The first-order chi connectivity index (χ1) is 13.0. The van der Waals surface area contributed by atoms with Crippen molar-refractivity contribution >= 4 is 40.6 Å². The Labute approximate surface area is 168 Å². The van der Waals surface area contributed by atoms with Crippen LogP contribution in [0.1, 0.15) is 42.7 Å². The quantitative estimate of drug-likeness (QED) is 0.636. The zero-order chi connectivity index (χ0) is 19.1. The average molecular weight is 400 g/mol. The van der Waals surface area contributed by atoms with Gasteiger partial charge in [0, 0.05) is 35.7 Å². The summed E-state index contributed by atoms with van der Waals surface area (Å²) in [5.41, 5.74) is 4.17. The Bertz CT molecular complexity index is 980. The second-order valence-electron chi connectivity index (χ2n) is 7.11. The van der Waals surface area contributed by atoms with Crippen molar-refractivity contribution in [1.29, 1.82) is 0 Å². The standard InChI is InChI=1S/C22H19Cl2NO2/c1-13-5-2-6-14(11-13)25-18-9-4-10-19(26)21(18)16(12-20(25)27)15-7-3-8-17(23)22(15)24/h2-3,5-8,11,16H,4,9-10,12H2,1H3. The highest BCUT2D eigenvalue weighted by Gasteiger charge is 2.40. The lowest BCUT2D eigenvalue weighted by atomic mass is 9.77. The van der Waals surface area contributed by atoms with Crippen molar-refractivity contribution < 1.29 is 9.59 Å². The molecule has 0 fully saturated rings. The van der Waals surface area contributed by atoms with Gasteiger partial charge in [0.15, 0.2) is 5.78 Å². The van der Waals surface area contributed by atoms with Gasteiger partial charge in [0.05, 0.1) is 10.0 Å². The molecule has 0 saturated heterocycles. The number of nitrogens with zero attached hydrogens (tertiary/aromatic N) is 1. The van der Waals surface area contributed by atoms with Gasteiger partial charge in [0.1, 0.15) is 0 Å². The first-order valence-corrected chi connectivity index (χ1v) is 9.82. The number of benzene rings is 2. The zero-order valence-corrected chi connectivity index (χ0v) is 16.5. The number of hydrogen-bond acceptors (Lipinski definition) is 2. The molecule has 0 aromatic heterocycles. The molecule has 0 radical (unpaired) electrons. The summed E-state index contributed by atoms with van der Waals surface area (Å²) < 4.78 is 0. The monoisotopic (exact) mass is 399 g/mol. The Kier molecular flexibility index (Phi) is 4.83. The van der Waals surface area contributed by atoms with Crippen molar-refractivity contribution in [2.45, 2.75) is 38.5 Å². The maximum Gasteiger partial charge on any atom is 0.232 e. The van der Waals surface area contributed by atoms with Gasteiger partial charge in [-0.15, -0.1) is 0 Å². The van der Waals surface area contributed by atoms with Crippen LogP contribution in [0, 0.1) is 6.92 Å². The summed E-state index contributed by atoms with van der Waals surface area (Å²) in [5, 5.41) is 0.860. The number of hydrogen-bond donors (Lipinski definition) is 0. The Hall–Kier alpha value is -2.10. The van der Waals surface area contributed by atoms with Crippen molar-refractivity contribution in [3.05, 3.63) is 74.9 Å². The number of allylic oxidation sites excluding steroid dienone is 2. The van der Waals surface area contributed by atoms with Crippen LogP contribution in [-0.4, -0.2) is 11.7 Å². The molecule has 1 aliphatic carbocycles. The second kappa shape index (κ2) is 7.14. The molecule has 0 saturated carbocycles. The number of anilines is 1. The van der Waals surface area contributed by atoms with E-state index in [1.807, 2.05) is 43.3 Å². The van der Waals surface area contributed by atoms with E-state index in [9.17, 15) is 9.59 Å². The van der Waals surface area contributed by atoms with E-state index in [0.717, 1.165) is 28.9 Å². The fourth-order valence-corrected chi connectivity index (χ4v) is 4.55. The highest BCUT2D eigenvalue weighted by molar-refractivity contribution is 6.42. The van der Waals surface area contributed by atoms with Gasteiger partial charge in [-0.25, -0.2) is 0 Å². The molecule has 1 amide bonds. The normalized spacial score (nSPS) is 20.1. The molecule has 2 aromatic carbocycles. The lowest BCUT2D eigenvalue weighted by Gasteiger charge is -2.38. The Balaban J connectivity index is 1.90. The minimum absolute atomic E-state index is 0.0184. The summed E-state index contributed by atoms with van der Waals surface area (Å²) in [5.74, 6) is -0.259. The Morgan fingerprint density at radius 2 is 1.81 bits per heavy atom. The molecule has 1 aliphatic heterocycles. The summed E-state index contributed by atoms with van der Waals surface area (Å²) in [6.45, 7) is 1.99. The first-order valence-electron chi connectivity index (χ1n) is 9.07. The van der Waals surface area contributed by atoms with E-state index in [2.05, 4.69) is 0 Å². The predicted octanol–water partition coefficient (Wildman–Crippen LogP) is 5.83. The van der Waals surface area contributed by atoms with Gasteiger partial charge < -0.3 is 0 Å². The Morgan fingerprint density at radius 3 is 2.59 bits per heavy atom. The maximum absolute atomic E-state index is 13.2. The maximum atomic E-state index is 13.2. The highest BCUT2D eigenvalue weighted by atomic mass is 35.5. The van der Waals surface area contributed by atoms with Crippen molar-refractivity contribution in [1.82, 2.24) is 0 Å². The number of amides is 1. The van der Waals surface area contributed by atoms with E-state index >= 15 is 0 Å². The molecule has 2 aromatic rings. The molecule has 27 heavy (non-hydrogen) atoms. The third-order valence-electron chi connectivity index (χ3n) is 5.29. The predicted molar refractivity (Wildman–Crippen MR) is 108 cm³/mol. The summed E-state index contributed by atoms with van der Waals surface area (Å²) in [4.78, 5) is 27.8. The third-order valence-corrected chi connectivity index (χ3v) is 6.13. The lowest BCUT2D eigenvalue weighted by molar-refractivity contribution is -0.119. The molecule has 4 rings (SSSR count). The van der Waals surface area contributed by atoms with Crippen LogP contribution in [-0.2, 0) is 9.59 Å². The Morgan fingerprint density at radius 1 is 1.04 bits per heavy atom. The van der Waals surface area contributed by atoms with Crippen LogP contribution in [0.4, 0.5) is 5.69 Å². The molecule has 0 N–H and O–H groups in total.